The molecule has 2 atom stereocenters. The predicted molar refractivity (Wildman–Crippen MR) is 86.7 cm³/mol. The first-order valence-electron chi connectivity index (χ1n) is 7.32. The topological polar surface area (TPSA) is 24.5 Å². The van der Waals surface area contributed by atoms with Crippen molar-refractivity contribution in [3.63, 3.8) is 0 Å². The summed E-state index contributed by atoms with van der Waals surface area (Å²) in [6.07, 6.45) is 1.06. The van der Waals surface area contributed by atoms with E-state index in [1.54, 1.807) is 7.11 Å². The molecule has 0 aromatic heterocycles. The van der Waals surface area contributed by atoms with E-state index in [1.165, 1.54) is 16.7 Å². The highest BCUT2D eigenvalue weighted by Gasteiger charge is 2.36. The summed E-state index contributed by atoms with van der Waals surface area (Å²) in [5.41, 5.74) is 3.76. The molecule has 2 unspecified atom stereocenters. The van der Waals surface area contributed by atoms with Crippen LogP contribution in [0.1, 0.15) is 43.0 Å². The van der Waals surface area contributed by atoms with Gasteiger partial charge in [-0.3, -0.25) is 0 Å². The van der Waals surface area contributed by atoms with Crippen LogP contribution in [0.5, 0.6) is 5.75 Å². The minimum absolute atomic E-state index is 0.0315. The number of hydrogen-bond acceptors (Lipinski definition) is 3. The van der Waals surface area contributed by atoms with Crippen molar-refractivity contribution in [3.05, 3.63) is 28.8 Å². The lowest BCUT2D eigenvalue weighted by Gasteiger charge is -2.43. The van der Waals surface area contributed by atoms with Crippen LogP contribution in [0.4, 0.5) is 0 Å². The fourth-order valence-corrected chi connectivity index (χ4v) is 2.89. The minimum Gasteiger partial charge on any atom is -0.496 e. The summed E-state index contributed by atoms with van der Waals surface area (Å²) >= 11 is 0. The molecule has 1 N–H and O–H groups in total. The van der Waals surface area contributed by atoms with Crippen LogP contribution in [0, 0.1) is 13.8 Å². The number of aryl methyl sites for hydroxylation is 1. The standard InChI is InChI=1S/C17H30N2O/c1-9-17(4,19(6)7)16(18-5)14-11-10-12(2)13(3)15(14)20-8/h10-11,16,18H,9H2,1-8H3. The van der Waals surface area contributed by atoms with Gasteiger partial charge >= 0.3 is 0 Å². The van der Waals surface area contributed by atoms with E-state index in [9.17, 15) is 0 Å². The van der Waals surface area contributed by atoms with Crippen LogP contribution in [-0.4, -0.2) is 38.7 Å². The number of nitrogens with one attached hydrogen (secondary N) is 1. The molecule has 0 aliphatic carbocycles. The maximum Gasteiger partial charge on any atom is 0.126 e. The van der Waals surface area contributed by atoms with Gasteiger partial charge in [-0.05, 0) is 59.5 Å². The second-order valence-electron chi connectivity index (χ2n) is 5.96. The van der Waals surface area contributed by atoms with Gasteiger partial charge in [0.2, 0.25) is 0 Å². The Kier molecular flexibility index (Phi) is 5.60. The van der Waals surface area contributed by atoms with Gasteiger partial charge in [-0.1, -0.05) is 19.1 Å². The molecule has 3 heteroatoms. The van der Waals surface area contributed by atoms with Crippen LogP contribution >= 0.6 is 0 Å². The molecule has 1 aromatic carbocycles. The zero-order valence-corrected chi connectivity index (χ0v) is 14.3. The van der Waals surface area contributed by atoms with Gasteiger partial charge < -0.3 is 15.0 Å². The molecule has 0 fully saturated rings. The number of nitrogens with zero attached hydrogens (tertiary/aromatic N) is 1. The van der Waals surface area contributed by atoms with Gasteiger partial charge in [0.1, 0.15) is 5.75 Å². The van der Waals surface area contributed by atoms with E-state index in [1.807, 2.05) is 7.05 Å². The maximum absolute atomic E-state index is 5.70. The van der Waals surface area contributed by atoms with E-state index in [4.69, 9.17) is 4.74 Å². The first kappa shape index (κ1) is 17.0. The number of ether oxygens (including phenoxy) is 1. The van der Waals surface area contributed by atoms with Gasteiger partial charge in [0, 0.05) is 11.1 Å². The summed E-state index contributed by atoms with van der Waals surface area (Å²) in [4.78, 5) is 2.29. The molecule has 0 bridgehead atoms. The number of likely N-dealkylation sites (N-methyl/N-ethyl adjacent to an activating group) is 2. The average molecular weight is 278 g/mol. The van der Waals surface area contributed by atoms with Crippen LogP contribution < -0.4 is 10.1 Å². The lowest BCUT2D eigenvalue weighted by molar-refractivity contribution is 0.115. The molecular weight excluding hydrogens is 248 g/mol. The Hall–Kier alpha value is -1.06. The van der Waals surface area contributed by atoms with E-state index < -0.39 is 0 Å². The molecule has 0 saturated carbocycles. The fraction of sp³-hybridized carbons (Fsp3) is 0.647. The lowest BCUT2D eigenvalue weighted by atomic mass is 9.82. The van der Waals surface area contributed by atoms with Crippen molar-refractivity contribution in [2.45, 2.75) is 45.7 Å². The monoisotopic (exact) mass is 278 g/mol. The van der Waals surface area contributed by atoms with Crippen LogP contribution in [0.3, 0.4) is 0 Å². The second-order valence-corrected chi connectivity index (χ2v) is 5.96. The van der Waals surface area contributed by atoms with Crippen molar-refractivity contribution in [3.8, 4) is 5.75 Å². The highest BCUT2D eigenvalue weighted by Crippen LogP contribution is 2.39. The van der Waals surface area contributed by atoms with E-state index in [0.717, 1.165) is 12.2 Å². The third kappa shape index (κ3) is 2.84. The quantitative estimate of drug-likeness (QED) is 0.864. The zero-order valence-electron chi connectivity index (χ0n) is 14.3. The van der Waals surface area contributed by atoms with Gasteiger partial charge in [-0.2, -0.15) is 0 Å². The van der Waals surface area contributed by atoms with Gasteiger partial charge in [-0.25, -0.2) is 0 Å². The summed E-state index contributed by atoms with van der Waals surface area (Å²) < 4.78 is 5.70. The summed E-state index contributed by atoms with van der Waals surface area (Å²) in [5.74, 6) is 1.01. The molecule has 0 radical (unpaired) electrons. The highest BCUT2D eigenvalue weighted by molar-refractivity contribution is 5.47. The van der Waals surface area contributed by atoms with Crippen LogP contribution in [0.25, 0.3) is 0 Å². The van der Waals surface area contributed by atoms with Crippen molar-refractivity contribution < 1.29 is 4.74 Å². The highest BCUT2D eigenvalue weighted by atomic mass is 16.5. The smallest absolute Gasteiger partial charge is 0.126 e. The summed E-state index contributed by atoms with van der Waals surface area (Å²) in [5, 5.41) is 3.49. The molecule has 0 aliphatic rings. The molecule has 114 valence electrons. The maximum atomic E-state index is 5.70. The molecule has 0 saturated heterocycles. The Morgan fingerprint density at radius 1 is 1.30 bits per heavy atom. The lowest BCUT2D eigenvalue weighted by Crippen LogP contribution is -2.50. The Balaban J connectivity index is 3.43. The van der Waals surface area contributed by atoms with Crippen molar-refractivity contribution >= 4 is 0 Å². The molecule has 0 heterocycles. The number of benzene rings is 1. The van der Waals surface area contributed by atoms with Crippen molar-refractivity contribution in [2.24, 2.45) is 0 Å². The molecule has 1 aromatic rings. The second kappa shape index (κ2) is 6.59. The van der Waals surface area contributed by atoms with Crippen molar-refractivity contribution in [1.82, 2.24) is 10.2 Å². The normalized spacial score (nSPS) is 16.1. The summed E-state index contributed by atoms with van der Waals surface area (Å²) in [6, 6.07) is 4.60. The predicted octanol–water partition coefficient (Wildman–Crippen LogP) is 3.30. The van der Waals surface area contributed by atoms with Crippen LogP contribution in [0.15, 0.2) is 12.1 Å². The number of methoxy groups -OCH3 is 1. The average Bonchev–Trinajstić information content (AvgIpc) is 2.43. The molecular formula is C17H30N2O. The Morgan fingerprint density at radius 3 is 2.30 bits per heavy atom. The Morgan fingerprint density at radius 2 is 1.90 bits per heavy atom. The zero-order chi connectivity index (χ0) is 15.5. The van der Waals surface area contributed by atoms with Crippen LogP contribution in [0.2, 0.25) is 0 Å². The van der Waals surface area contributed by atoms with E-state index >= 15 is 0 Å². The van der Waals surface area contributed by atoms with E-state index in [-0.39, 0.29) is 11.6 Å². The van der Waals surface area contributed by atoms with E-state index in [2.05, 4.69) is 64.1 Å². The number of rotatable bonds is 6. The molecule has 0 aliphatic heterocycles. The molecule has 1 rings (SSSR count). The van der Waals surface area contributed by atoms with Gasteiger partial charge in [0.15, 0.2) is 0 Å². The van der Waals surface area contributed by atoms with Gasteiger partial charge in [0.05, 0.1) is 13.2 Å². The molecule has 3 nitrogen and oxygen atoms in total. The van der Waals surface area contributed by atoms with Crippen LogP contribution in [-0.2, 0) is 0 Å². The molecule has 0 spiro atoms. The summed E-state index contributed by atoms with van der Waals surface area (Å²) in [6.45, 7) is 8.78. The first-order chi connectivity index (χ1) is 9.33. The largest absolute Gasteiger partial charge is 0.496 e. The van der Waals surface area contributed by atoms with Crippen molar-refractivity contribution in [2.75, 3.05) is 28.3 Å². The fourth-order valence-electron chi connectivity index (χ4n) is 2.89. The van der Waals surface area contributed by atoms with Gasteiger partial charge in [-0.15, -0.1) is 0 Å². The minimum atomic E-state index is 0.0315. The number of hydrogen-bond donors (Lipinski definition) is 1. The molecule has 0 amide bonds. The third-order valence-corrected chi connectivity index (χ3v) is 4.87. The summed E-state index contributed by atoms with van der Waals surface area (Å²) in [7, 11) is 8.07. The molecule has 20 heavy (non-hydrogen) atoms. The first-order valence-corrected chi connectivity index (χ1v) is 7.32. The Labute approximate surface area is 124 Å². The van der Waals surface area contributed by atoms with Gasteiger partial charge in [0.25, 0.3) is 0 Å². The third-order valence-electron chi connectivity index (χ3n) is 4.87. The van der Waals surface area contributed by atoms with E-state index in [0.29, 0.717) is 0 Å². The Bertz CT molecular complexity index is 457. The van der Waals surface area contributed by atoms with Crippen molar-refractivity contribution in [1.29, 1.82) is 0 Å². The SMILES string of the molecule is CCC(C)(C(NC)c1ccc(C)c(C)c1OC)N(C)C.